The molecule has 0 aliphatic heterocycles. The number of benzene rings is 1. The van der Waals surface area contributed by atoms with E-state index in [2.05, 4.69) is 54.2 Å². The third-order valence-electron chi connectivity index (χ3n) is 2.28. The molecule has 0 bridgehead atoms. The second-order valence-electron chi connectivity index (χ2n) is 5.21. The van der Waals surface area contributed by atoms with E-state index in [0.717, 1.165) is 24.0 Å². The van der Waals surface area contributed by atoms with Crippen molar-refractivity contribution >= 4 is 15.9 Å². The standard InChI is InChI=1S/C14H22BrNO/c1-14(2,3)16-8-5-9-17-11-12-6-4-7-13(15)10-12/h4,6-7,10,16H,5,8-9,11H2,1-3H3. The van der Waals surface area contributed by atoms with Gasteiger partial charge in [-0.05, 0) is 51.4 Å². The first-order valence-corrected chi connectivity index (χ1v) is 6.84. The molecule has 0 aliphatic carbocycles. The third-order valence-corrected chi connectivity index (χ3v) is 2.77. The molecular weight excluding hydrogens is 278 g/mol. The van der Waals surface area contributed by atoms with Gasteiger partial charge in [0.1, 0.15) is 0 Å². The SMILES string of the molecule is CC(C)(C)NCCCOCc1cccc(Br)c1. The second-order valence-corrected chi connectivity index (χ2v) is 6.13. The van der Waals surface area contributed by atoms with Gasteiger partial charge in [0.2, 0.25) is 0 Å². The molecule has 0 fully saturated rings. The Morgan fingerprint density at radius 1 is 1.29 bits per heavy atom. The van der Waals surface area contributed by atoms with Gasteiger partial charge in [0.05, 0.1) is 6.61 Å². The van der Waals surface area contributed by atoms with Gasteiger partial charge >= 0.3 is 0 Å². The third kappa shape index (κ3) is 7.53. The van der Waals surface area contributed by atoms with Crippen molar-refractivity contribution in [3.8, 4) is 0 Å². The number of nitrogens with one attached hydrogen (secondary N) is 1. The fourth-order valence-corrected chi connectivity index (χ4v) is 1.90. The van der Waals surface area contributed by atoms with Crippen LogP contribution in [0, 0.1) is 0 Å². The first-order chi connectivity index (χ1) is 7.97. The van der Waals surface area contributed by atoms with Crippen LogP contribution in [0.4, 0.5) is 0 Å². The molecule has 0 aromatic heterocycles. The Balaban J connectivity index is 2.09. The van der Waals surface area contributed by atoms with E-state index in [1.54, 1.807) is 0 Å². The van der Waals surface area contributed by atoms with Crippen molar-refractivity contribution in [1.29, 1.82) is 0 Å². The zero-order valence-corrected chi connectivity index (χ0v) is 12.5. The lowest BCUT2D eigenvalue weighted by Gasteiger charge is -2.20. The highest BCUT2D eigenvalue weighted by molar-refractivity contribution is 9.10. The van der Waals surface area contributed by atoms with Crippen LogP contribution in [0.25, 0.3) is 0 Å². The molecule has 0 saturated carbocycles. The molecule has 0 spiro atoms. The van der Waals surface area contributed by atoms with Gasteiger partial charge in [-0.15, -0.1) is 0 Å². The summed E-state index contributed by atoms with van der Waals surface area (Å²) in [6, 6.07) is 8.23. The zero-order valence-electron chi connectivity index (χ0n) is 10.9. The molecule has 0 radical (unpaired) electrons. The Morgan fingerprint density at radius 3 is 2.71 bits per heavy atom. The van der Waals surface area contributed by atoms with E-state index in [1.807, 2.05) is 12.1 Å². The van der Waals surface area contributed by atoms with Crippen molar-refractivity contribution in [1.82, 2.24) is 5.32 Å². The summed E-state index contributed by atoms with van der Waals surface area (Å²) in [7, 11) is 0. The zero-order chi connectivity index (χ0) is 12.7. The van der Waals surface area contributed by atoms with E-state index >= 15 is 0 Å². The summed E-state index contributed by atoms with van der Waals surface area (Å²) in [5, 5.41) is 3.44. The predicted octanol–water partition coefficient (Wildman–Crippen LogP) is 3.74. The summed E-state index contributed by atoms with van der Waals surface area (Å²) in [6.45, 7) is 9.02. The first kappa shape index (κ1) is 14.7. The molecule has 1 aromatic carbocycles. The molecular formula is C14H22BrNO. The largest absolute Gasteiger partial charge is 0.377 e. The molecule has 1 N–H and O–H groups in total. The fourth-order valence-electron chi connectivity index (χ4n) is 1.45. The van der Waals surface area contributed by atoms with Crippen molar-refractivity contribution < 1.29 is 4.74 Å². The highest BCUT2D eigenvalue weighted by atomic mass is 79.9. The van der Waals surface area contributed by atoms with Gasteiger partial charge in [0.25, 0.3) is 0 Å². The van der Waals surface area contributed by atoms with Gasteiger partial charge in [-0.1, -0.05) is 28.1 Å². The molecule has 17 heavy (non-hydrogen) atoms. The maximum Gasteiger partial charge on any atom is 0.0717 e. The summed E-state index contributed by atoms with van der Waals surface area (Å²) in [6.07, 6.45) is 1.05. The Morgan fingerprint density at radius 2 is 2.06 bits per heavy atom. The molecule has 3 heteroatoms. The molecule has 0 aliphatic rings. The van der Waals surface area contributed by atoms with E-state index in [-0.39, 0.29) is 5.54 Å². The van der Waals surface area contributed by atoms with Crippen LogP contribution < -0.4 is 5.32 Å². The molecule has 96 valence electrons. The summed E-state index contributed by atoms with van der Waals surface area (Å²) in [4.78, 5) is 0. The van der Waals surface area contributed by atoms with Gasteiger partial charge in [-0.25, -0.2) is 0 Å². The number of rotatable bonds is 6. The Labute approximate surface area is 113 Å². The Bertz CT molecular complexity index is 333. The van der Waals surface area contributed by atoms with Gasteiger partial charge in [-0.2, -0.15) is 0 Å². The highest BCUT2D eigenvalue weighted by Gasteiger charge is 2.06. The topological polar surface area (TPSA) is 21.3 Å². The van der Waals surface area contributed by atoms with Crippen LogP contribution in [0.3, 0.4) is 0 Å². The van der Waals surface area contributed by atoms with Gasteiger partial charge in [-0.3, -0.25) is 0 Å². The van der Waals surface area contributed by atoms with Crippen LogP contribution in [0.15, 0.2) is 28.7 Å². The molecule has 2 nitrogen and oxygen atoms in total. The lowest BCUT2D eigenvalue weighted by Crippen LogP contribution is -2.36. The summed E-state index contributed by atoms with van der Waals surface area (Å²) >= 11 is 3.45. The minimum Gasteiger partial charge on any atom is -0.377 e. The molecule has 0 amide bonds. The molecule has 1 aromatic rings. The van der Waals surface area contributed by atoms with Crippen LogP contribution in [-0.2, 0) is 11.3 Å². The molecule has 0 saturated heterocycles. The predicted molar refractivity (Wildman–Crippen MR) is 76.2 cm³/mol. The smallest absolute Gasteiger partial charge is 0.0717 e. The van der Waals surface area contributed by atoms with Crippen molar-refractivity contribution in [2.75, 3.05) is 13.2 Å². The minimum atomic E-state index is 0.199. The van der Waals surface area contributed by atoms with Crippen LogP contribution in [-0.4, -0.2) is 18.7 Å². The van der Waals surface area contributed by atoms with E-state index in [0.29, 0.717) is 6.61 Å². The van der Waals surface area contributed by atoms with E-state index in [4.69, 9.17) is 4.74 Å². The van der Waals surface area contributed by atoms with E-state index in [1.165, 1.54) is 5.56 Å². The lowest BCUT2D eigenvalue weighted by atomic mass is 10.1. The Hall–Kier alpha value is -0.380. The number of halogens is 1. The van der Waals surface area contributed by atoms with Gasteiger partial charge in [0, 0.05) is 16.6 Å². The van der Waals surface area contributed by atoms with Gasteiger partial charge in [0.15, 0.2) is 0 Å². The second kappa shape index (κ2) is 7.14. The number of ether oxygens (including phenoxy) is 1. The Kier molecular flexibility index (Phi) is 6.17. The molecule has 0 heterocycles. The number of hydrogen-bond donors (Lipinski definition) is 1. The minimum absolute atomic E-state index is 0.199. The van der Waals surface area contributed by atoms with Crippen molar-refractivity contribution in [3.05, 3.63) is 34.3 Å². The lowest BCUT2D eigenvalue weighted by molar-refractivity contribution is 0.117. The maximum atomic E-state index is 5.63. The summed E-state index contributed by atoms with van der Waals surface area (Å²) in [5.41, 5.74) is 1.41. The average Bonchev–Trinajstić information content (AvgIpc) is 2.22. The number of hydrogen-bond acceptors (Lipinski definition) is 2. The van der Waals surface area contributed by atoms with Crippen molar-refractivity contribution in [2.45, 2.75) is 39.3 Å². The van der Waals surface area contributed by atoms with Crippen LogP contribution >= 0.6 is 15.9 Å². The first-order valence-electron chi connectivity index (χ1n) is 6.04. The maximum absolute atomic E-state index is 5.63. The van der Waals surface area contributed by atoms with Gasteiger partial charge < -0.3 is 10.1 Å². The normalized spacial score (nSPS) is 11.8. The monoisotopic (exact) mass is 299 g/mol. The van der Waals surface area contributed by atoms with Crippen LogP contribution in [0.5, 0.6) is 0 Å². The average molecular weight is 300 g/mol. The van der Waals surface area contributed by atoms with Crippen molar-refractivity contribution in [3.63, 3.8) is 0 Å². The van der Waals surface area contributed by atoms with E-state index in [9.17, 15) is 0 Å². The molecule has 1 rings (SSSR count). The fraction of sp³-hybridized carbons (Fsp3) is 0.571. The van der Waals surface area contributed by atoms with Crippen LogP contribution in [0.1, 0.15) is 32.8 Å². The summed E-state index contributed by atoms with van der Waals surface area (Å²) in [5.74, 6) is 0. The molecule has 0 unspecified atom stereocenters. The highest BCUT2D eigenvalue weighted by Crippen LogP contribution is 2.12. The quantitative estimate of drug-likeness (QED) is 0.808. The molecule has 0 atom stereocenters. The van der Waals surface area contributed by atoms with Crippen LogP contribution in [0.2, 0.25) is 0 Å². The van der Waals surface area contributed by atoms with E-state index < -0.39 is 0 Å². The van der Waals surface area contributed by atoms with Crippen molar-refractivity contribution in [2.24, 2.45) is 0 Å². The summed E-state index contributed by atoms with van der Waals surface area (Å²) < 4.78 is 6.73.